The van der Waals surface area contributed by atoms with Crippen LogP contribution in [0, 0.1) is 0 Å². The maximum absolute atomic E-state index is 12.0. The third-order valence-electron chi connectivity index (χ3n) is 3.08. The molecule has 0 aromatic carbocycles. The summed E-state index contributed by atoms with van der Waals surface area (Å²) in [7, 11) is 0. The minimum absolute atomic E-state index is 0.250. The fraction of sp³-hybridized carbons (Fsp3) is 0.125. The van der Waals surface area contributed by atoms with Gasteiger partial charge in [0.2, 0.25) is 0 Å². The summed E-state index contributed by atoms with van der Waals surface area (Å²) in [5.74, 6) is 0.248. The lowest BCUT2D eigenvalue weighted by molar-refractivity contribution is 0.0945. The highest BCUT2D eigenvalue weighted by atomic mass is 16.5. The Morgan fingerprint density at radius 3 is 2.91 bits per heavy atom. The van der Waals surface area contributed by atoms with Crippen LogP contribution in [0.15, 0.2) is 59.5 Å². The van der Waals surface area contributed by atoms with E-state index in [9.17, 15) is 4.79 Å². The molecule has 0 fully saturated rings. The second-order valence-electron chi connectivity index (χ2n) is 4.65. The first-order valence-electron chi connectivity index (χ1n) is 6.88. The summed E-state index contributed by atoms with van der Waals surface area (Å²) in [6, 6.07) is 10.9. The summed E-state index contributed by atoms with van der Waals surface area (Å²) < 4.78 is 5.17. The van der Waals surface area contributed by atoms with Gasteiger partial charge in [0.1, 0.15) is 0 Å². The standard InChI is InChI=1S/C16H14N4O2/c21-16(19-9-6-13-5-1-2-8-18-13)14-10-15(22-20-14)12-4-3-7-17-11-12/h1-5,7-8,10-11H,6,9H2,(H,19,21). The highest BCUT2D eigenvalue weighted by Crippen LogP contribution is 2.18. The Balaban J connectivity index is 1.58. The minimum atomic E-state index is -0.269. The van der Waals surface area contributed by atoms with Crippen molar-refractivity contribution in [3.05, 3.63) is 66.4 Å². The van der Waals surface area contributed by atoms with E-state index in [0.717, 1.165) is 11.3 Å². The van der Waals surface area contributed by atoms with E-state index in [4.69, 9.17) is 4.52 Å². The molecule has 0 saturated heterocycles. The lowest BCUT2D eigenvalue weighted by atomic mass is 10.2. The zero-order valence-corrected chi connectivity index (χ0v) is 11.8. The topological polar surface area (TPSA) is 80.9 Å². The molecule has 6 heteroatoms. The highest BCUT2D eigenvalue weighted by Gasteiger charge is 2.13. The molecular weight excluding hydrogens is 280 g/mol. The normalized spacial score (nSPS) is 10.4. The summed E-state index contributed by atoms with van der Waals surface area (Å²) in [5.41, 5.74) is 1.96. The first kappa shape index (κ1) is 13.9. The van der Waals surface area contributed by atoms with Crippen molar-refractivity contribution in [2.24, 2.45) is 0 Å². The van der Waals surface area contributed by atoms with Crippen molar-refractivity contribution in [2.45, 2.75) is 6.42 Å². The van der Waals surface area contributed by atoms with Crippen molar-refractivity contribution >= 4 is 5.91 Å². The van der Waals surface area contributed by atoms with Crippen molar-refractivity contribution in [1.29, 1.82) is 0 Å². The molecule has 3 heterocycles. The van der Waals surface area contributed by atoms with E-state index in [2.05, 4.69) is 20.4 Å². The van der Waals surface area contributed by atoms with E-state index >= 15 is 0 Å². The molecule has 0 aliphatic rings. The van der Waals surface area contributed by atoms with Gasteiger partial charge in [-0.3, -0.25) is 14.8 Å². The third-order valence-corrected chi connectivity index (χ3v) is 3.08. The smallest absolute Gasteiger partial charge is 0.273 e. The predicted molar refractivity (Wildman–Crippen MR) is 80.0 cm³/mol. The number of nitrogens with one attached hydrogen (secondary N) is 1. The Kier molecular flexibility index (Phi) is 4.20. The molecule has 0 radical (unpaired) electrons. The lowest BCUT2D eigenvalue weighted by Gasteiger charge is -2.01. The molecule has 6 nitrogen and oxygen atoms in total. The Labute approximate surface area is 127 Å². The maximum Gasteiger partial charge on any atom is 0.273 e. The number of hydrogen-bond donors (Lipinski definition) is 1. The molecule has 0 bridgehead atoms. The van der Waals surface area contributed by atoms with Crippen LogP contribution < -0.4 is 5.32 Å². The van der Waals surface area contributed by atoms with Gasteiger partial charge in [-0.2, -0.15) is 0 Å². The van der Waals surface area contributed by atoms with Crippen LogP contribution in [0.2, 0.25) is 0 Å². The van der Waals surface area contributed by atoms with Crippen LogP contribution in [-0.2, 0) is 6.42 Å². The average Bonchev–Trinajstić information content (AvgIpc) is 3.07. The van der Waals surface area contributed by atoms with Gasteiger partial charge in [-0.25, -0.2) is 0 Å². The zero-order valence-electron chi connectivity index (χ0n) is 11.8. The van der Waals surface area contributed by atoms with Gasteiger partial charge in [0.05, 0.1) is 0 Å². The molecule has 0 unspecified atom stereocenters. The number of carbonyl (C=O) groups is 1. The highest BCUT2D eigenvalue weighted by molar-refractivity contribution is 5.93. The Morgan fingerprint density at radius 1 is 1.18 bits per heavy atom. The summed E-state index contributed by atoms with van der Waals surface area (Å²) in [4.78, 5) is 20.2. The number of hydrogen-bond acceptors (Lipinski definition) is 5. The van der Waals surface area contributed by atoms with Crippen molar-refractivity contribution < 1.29 is 9.32 Å². The average molecular weight is 294 g/mol. The number of aromatic nitrogens is 3. The molecule has 0 aliphatic heterocycles. The largest absolute Gasteiger partial charge is 0.355 e. The zero-order chi connectivity index (χ0) is 15.2. The Bertz CT molecular complexity index is 741. The van der Waals surface area contributed by atoms with Gasteiger partial charge in [-0.15, -0.1) is 0 Å². The van der Waals surface area contributed by atoms with Crippen molar-refractivity contribution in [1.82, 2.24) is 20.4 Å². The second-order valence-corrected chi connectivity index (χ2v) is 4.65. The van der Waals surface area contributed by atoms with Crippen LogP contribution >= 0.6 is 0 Å². The SMILES string of the molecule is O=C(NCCc1ccccn1)c1cc(-c2cccnc2)on1. The maximum atomic E-state index is 12.0. The monoisotopic (exact) mass is 294 g/mol. The van der Waals surface area contributed by atoms with E-state index in [1.165, 1.54) is 0 Å². The molecule has 1 amide bonds. The summed E-state index contributed by atoms with van der Waals surface area (Å²) in [6.07, 6.45) is 5.73. The molecule has 22 heavy (non-hydrogen) atoms. The van der Waals surface area contributed by atoms with E-state index in [0.29, 0.717) is 18.7 Å². The van der Waals surface area contributed by atoms with E-state index in [-0.39, 0.29) is 11.6 Å². The lowest BCUT2D eigenvalue weighted by Crippen LogP contribution is -2.26. The van der Waals surface area contributed by atoms with Crippen LogP contribution in [0.3, 0.4) is 0 Å². The van der Waals surface area contributed by atoms with Crippen molar-refractivity contribution in [3.63, 3.8) is 0 Å². The van der Waals surface area contributed by atoms with Crippen molar-refractivity contribution in [2.75, 3.05) is 6.54 Å². The third kappa shape index (κ3) is 3.35. The number of carbonyl (C=O) groups excluding carboxylic acids is 1. The van der Waals surface area contributed by atoms with E-state index < -0.39 is 0 Å². The van der Waals surface area contributed by atoms with Crippen LogP contribution in [0.5, 0.6) is 0 Å². The fourth-order valence-electron chi connectivity index (χ4n) is 1.97. The minimum Gasteiger partial charge on any atom is -0.355 e. The van der Waals surface area contributed by atoms with Gasteiger partial charge in [0.25, 0.3) is 5.91 Å². The molecule has 3 aromatic rings. The first-order chi connectivity index (χ1) is 10.8. The van der Waals surface area contributed by atoms with Crippen LogP contribution in [0.4, 0.5) is 0 Å². The summed E-state index contributed by atoms with van der Waals surface area (Å²) in [5, 5.41) is 6.58. The Morgan fingerprint density at radius 2 is 2.14 bits per heavy atom. The van der Waals surface area contributed by atoms with Crippen LogP contribution in [-0.4, -0.2) is 27.6 Å². The number of rotatable bonds is 5. The number of pyridine rings is 2. The molecule has 0 saturated carbocycles. The Hall–Kier alpha value is -3.02. The van der Waals surface area contributed by atoms with E-state index in [1.54, 1.807) is 30.7 Å². The quantitative estimate of drug-likeness (QED) is 0.779. The number of amides is 1. The summed E-state index contributed by atoms with van der Waals surface area (Å²) >= 11 is 0. The molecule has 110 valence electrons. The molecule has 1 N–H and O–H groups in total. The molecule has 0 spiro atoms. The van der Waals surface area contributed by atoms with Gasteiger partial charge < -0.3 is 9.84 Å². The van der Waals surface area contributed by atoms with Gasteiger partial charge in [0.15, 0.2) is 11.5 Å². The number of nitrogens with zero attached hydrogens (tertiary/aromatic N) is 3. The van der Waals surface area contributed by atoms with Crippen LogP contribution in [0.1, 0.15) is 16.2 Å². The van der Waals surface area contributed by atoms with Gasteiger partial charge >= 0.3 is 0 Å². The van der Waals surface area contributed by atoms with Gasteiger partial charge in [-0.1, -0.05) is 11.2 Å². The van der Waals surface area contributed by atoms with Crippen molar-refractivity contribution in [3.8, 4) is 11.3 Å². The molecule has 0 aliphatic carbocycles. The molecule has 3 aromatic heterocycles. The van der Waals surface area contributed by atoms with Gasteiger partial charge in [0, 0.05) is 48.9 Å². The fourth-order valence-corrected chi connectivity index (χ4v) is 1.97. The first-order valence-corrected chi connectivity index (χ1v) is 6.88. The molecule has 3 rings (SSSR count). The summed E-state index contributed by atoms with van der Waals surface area (Å²) in [6.45, 7) is 0.491. The predicted octanol–water partition coefficient (Wildman–Crippen LogP) is 2.10. The molecular formula is C16H14N4O2. The second kappa shape index (κ2) is 6.62. The molecule has 0 atom stereocenters. The van der Waals surface area contributed by atoms with Gasteiger partial charge in [-0.05, 0) is 24.3 Å². The van der Waals surface area contributed by atoms with Crippen LogP contribution in [0.25, 0.3) is 11.3 Å². The van der Waals surface area contributed by atoms with E-state index in [1.807, 2.05) is 24.3 Å².